The van der Waals surface area contributed by atoms with E-state index in [0.717, 1.165) is 39.0 Å². The van der Waals surface area contributed by atoms with Crippen LogP contribution in [0.15, 0.2) is 30.3 Å². The largest absolute Gasteiger partial charge is 0.383 e. The lowest BCUT2D eigenvalue weighted by atomic mass is 9.88. The zero-order valence-electron chi connectivity index (χ0n) is 13.3. The Labute approximate surface area is 132 Å². The Bertz CT molecular complexity index is 498. The molecule has 2 aliphatic heterocycles. The van der Waals surface area contributed by atoms with E-state index < -0.39 is 0 Å². The lowest BCUT2D eigenvalue weighted by molar-refractivity contribution is 0.133. The molecule has 0 bridgehead atoms. The van der Waals surface area contributed by atoms with Crippen molar-refractivity contribution in [3.8, 4) is 0 Å². The fourth-order valence-electron chi connectivity index (χ4n) is 3.43. The molecule has 22 heavy (non-hydrogen) atoms. The monoisotopic (exact) mass is 303 g/mol. The predicted molar refractivity (Wildman–Crippen MR) is 85.7 cm³/mol. The molecule has 0 aromatic heterocycles. The highest BCUT2D eigenvalue weighted by atomic mass is 16.5. The smallest absolute Gasteiger partial charge is 0.318 e. The highest BCUT2D eigenvalue weighted by Gasteiger charge is 2.43. The maximum absolute atomic E-state index is 12.1. The van der Waals surface area contributed by atoms with Crippen molar-refractivity contribution in [3.63, 3.8) is 0 Å². The zero-order valence-corrected chi connectivity index (χ0v) is 13.3. The summed E-state index contributed by atoms with van der Waals surface area (Å²) in [5, 5.41) is 3.22. The van der Waals surface area contributed by atoms with Crippen LogP contribution in [0.2, 0.25) is 0 Å². The summed E-state index contributed by atoms with van der Waals surface area (Å²) >= 11 is 0. The van der Waals surface area contributed by atoms with Crippen molar-refractivity contribution in [2.75, 3.05) is 39.9 Å². The Balaban J connectivity index is 1.52. The van der Waals surface area contributed by atoms with Crippen LogP contribution in [0.25, 0.3) is 0 Å². The molecule has 5 heteroatoms. The van der Waals surface area contributed by atoms with Gasteiger partial charge in [-0.25, -0.2) is 4.79 Å². The fourth-order valence-corrected chi connectivity index (χ4v) is 3.43. The molecule has 2 aliphatic rings. The molecular formula is C17H25N3O2. The number of hydrogen-bond donors (Lipinski definition) is 1. The summed E-state index contributed by atoms with van der Waals surface area (Å²) in [6, 6.07) is 10.6. The quantitative estimate of drug-likeness (QED) is 0.900. The first-order valence-electron chi connectivity index (χ1n) is 8.03. The second-order valence-electron chi connectivity index (χ2n) is 6.39. The number of methoxy groups -OCH3 is 1. The van der Waals surface area contributed by atoms with Crippen molar-refractivity contribution in [1.82, 2.24) is 15.1 Å². The number of benzene rings is 1. The summed E-state index contributed by atoms with van der Waals surface area (Å²) in [6.45, 7) is 5.16. The van der Waals surface area contributed by atoms with Crippen LogP contribution < -0.4 is 5.32 Å². The molecular weight excluding hydrogens is 278 g/mol. The van der Waals surface area contributed by atoms with Crippen molar-refractivity contribution in [2.24, 2.45) is 0 Å². The fraction of sp³-hybridized carbons (Fsp3) is 0.588. The van der Waals surface area contributed by atoms with Crippen molar-refractivity contribution in [2.45, 2.75) is 24.9 Å². The van der Waals surface area contributed by atoms with Gasteiger partial charge in [-0.15, -0.1) is 0 Å². The average Bonchev–Trinajstić information content (AvgIpc) is 2.85. The summed E-state index contributed by atoms with van der Waals surface area (Å²) in [7, 11) is 1.67. The summed E-state index contributed by atoms with van der Waals surface area (Å²) in [6.07, 6.45) is 2.05. The SMILES string of the molecule is COCCN1CC2(CCN(Cc3ccccc3)CC2)NC1=O. The maximum atomic E-state index is 12.1. The Hall–Kier alpha value is -1.59. The van der Waals surface area contributed by atoms with E-state index in [9.17, 15) is 4.79 Å². The van der Waals surface area contributed by atoms with Crippen LogP contribution in [-0.4, -0.2) is 61.3 Å². The minimum atomic E-state index is -0.0297. The van der Waals surface area contributed by atoms with Crippen LogP contribution in [0, 0.1) is 0 Å². The molecule has 1 spiro atoms. The van der Waals surface area contributed by atoms with Gasteiger partial charge in [0.2, 0.25) is 0 Å². The van der Waals surface area contributed by atoms with Crippen LogP contribution in [0.1, 0.15) is 18.4 Å². The number of rotatable bonds is 5. The van der Waals surface area contributed by atoms with E-state index in [2.05, 4.69) is 40.5 Å². The van der Waals surface area contributed by atoms with E-state index >= 15 is 0 Å². The van der Waals surface area contributed by atoms with E-state index in [4.69, 9.17) is 4.74 Å². The molecule has 3 rings (SSSR count). The van der Waals surface area contributed by atoms with Crippen LogP contribution in [0.4, 0.5) is 4.79 Å². The zero-order chi connectivity index (χ0) is 15.4. The topological polar surface area (TPSA) is 44.8 Å². The normalized spacial score (nSPS) is 21.3. The van der Waals surface area contributed by atoms with Gasteiger partial charge in [0.15, 0.2) is 0 Å². The van der Waals surface area contributed by atoms with Crippen LogP contribution in [0.3, 0.4) is 0 Å². The van der Waals surface area contributed by atoms with Gasteiger partial charge in [-0.05, 0) is 18.4 Å². The van der Waals surface area contributed by atoms with Crippen molar-refractivity contribution < 1.29 is 9.53 Å². The first kappa shape index (κ1) is 15.3. The number of hydrogen-bond acceptors (Lipinski definition) is 3. The Morgan fingerprint density at radius 1 is 1.23 bits per heavy atom. The minimum absolute atomic E-state index is 0.0297. The Morgan fingerprint density at radius 2 is 1.95 bits per heavy atom. The lowest BCUT2D eigenvalue weighted by Gasteiger charge is -2.38. The molecule has 0 atom stereocenters. The molecule has 0 aliphatic carbocycles. The van der Waals surface area contributed by atoms with Gasteiger partial charge >= 0.3 is 6.03 Å². The van der Waals surface area contributed by atoms with Gasteiger partial charge in [-0.1, -0.05) is 30.3 Å². The van der Waals surface area contributed by atoms with Gasteiger partial charge in [0, 0.05) is 39.8 Å². The van der Waals surface area contributed by atoms with Gasteiger partial charge in [-0.3, -0.25) is 4.90 Å². The molecule has 2 saturated heterocycles. The second-order valence-corrected chi connectivity index (χ2v) is 6.39. The molecule has 2 amide bonds. The van der Waals surface area contributed by atoms with E-state index in [1.165, 1.54) is 5.56 Å². The third kappa shape index (κ3) is 3.42. The summed E-state index contributed by atoms with van der Waals surface area (Å²) in [4.78, 5) is 16.4. The number of amides is 2. The Kier molecular flexibility index (Phi) is 4.64. The lowest BCUT2D eigenvalue weighted by Crippen LogP contribution is -2.52. The van der Waals surface area contributed by atoms with Gasteiger partial charge < -0.3 is 15.0 Å². The van der Waals surface area contributed by atoms with Gasteiger partial charge in [0.1, 0.15) is 0 Å². The number of nitrogens with one attached hydrogen (secondary N) is 1. The van der Waals surface area contributed by atoms with Crippen LogP contribution >= 0.6 is 0 Å². The second kappa shape index (κ2) is 6.67. The molecule has 2 heterocycles. The molecule has 5 nitrogen and oxygen atoms in total. The third-order valence-electron chi connectivity index (χ3n) is 4.78. The summed E-state index contributed by atoms with van der Waals surface area (Å²) in [5.41, 5.74) is 1.33. The highest BCUT2D eigenvalue weighted by molar-refractivity contribution is 5.78. The number of carbonyl (C=O) groups excluding carboxylic acids is 1. The van der Waals surface area contributed by atoms with Crippen LogP contribution in [-0.2, 0) is 11.3 Å². The molecule has 0 unspecified atom stereocenters. The maximum Gasteiger partial charge on any atom is 0.318 e. The van der Waals surface area contributed by atoms with Crippen molar-refractivity contribution in [3.05, 3.63) is 35.9 Å². The molecule has 120 valence electrons. The first-order valence-corrected chi connectivity index (χ1v) is 8.03. The predicted octanol–water partition coefficient (Wildman–Crippen LogP) is 1.69. The number of nitrogens with zero attached hydrogens (tertiary/aromatic N) is 2. The number of piperidine rings is 1. The van der Waals surface area contributed by atoms with Crippen molar-refractivity contribution in [1.29, 1.82) is 0 Å². The number of urea groups is 1. The highest BCUT2D eigenvalue weighted by Crippen LogP contribution is 2.28. The number of ether oxygens (including phenoxy) is 1. The number of likely N-dealkylation sites (tertiary alicyclic amines) is 1. The van der Waals surface area contributed by atoms with Crippen molar-refractivity contribution >= 4 is 6.03 Å². The van der Waals surface area contributed by atoms with E-state index in [0.29, 0.717) is 13.2 Å². The molecule has 0 radical (unpaired) electrons. The average molecular weight is 303 g/mol. The standard InChI is InChI=1S/C17H25N3O2/c1-22-12-11-20-14-17(18-16(20)21)7-9-19(10-8-17)13-15-5-3-2-4-6-15/h2-6H,7-14H2,1H3,(H,18,21). The third-order valence-corrected chi connectivity index (χ3v) is 4.78. The van der Waals surface area contributed by atoms with Gasteiger partial charge in [-0.2, -0.15) is 0 Å². The summed E-state index contributed by atoms with van der Waals surface area (Å²) in [5.74, 6) is 0. The molecule has 1 N–H and O–H groups in total. The van der Waals surface area contributed by atoms with E-state index in [1.54, 1.807) is 7.11 Å². The van der Waals surface area contributed by atoms with E-state index in [-0.39, 0.29) is 11.6 Å². The number of carbonyl (C=O) groups is 1. The van der Waals surface area contributed by atoms with Crippen LogP contribution in [0.5, 0.6) is 0 Å². The first-order chi connectivity index (χ1) is 10.7. The van der Waals surface area contributed by atoms with Gasteiger partial charge in [0.25, 0.3) is 0 Å². The Morgan fingerprint density at radius 3 is 2.64 bits per heavy atom. The summed E-state index contributed by atoms with van der Waals surface area (Å²) < 4.78 is 5.08. The minimum Gasteiger partial charge on any atom is -0.383 e. The molecule has 0 saturated carbocycles. The molecule has 2 fully saturated rings. The molecule has 1 aromatic carbocycles. The molecule has 1 aromatic rings. The van der Waals surface area contributed by atoms with E-state index in [1.807, 2.05) is 4.90 Å². The van der Waals surface area contributed by atoms with Gasteiger partial charge in [0.05, 0.1) is 12.1 Å².